The number of carbonyl (C=O) groups is 12. The molecule has 0 aromatic carbocycles. The van der Waals surface area contributed by atoms with Crippen LogP contribution in [-0.4, -0.2) is 147 Å². The lowest BCUT2D eigenvalue weighted by atomic mass is 10.0. The van der Waals surface area contributed by atoms with E-state index < -0.39 is 134 Å². The van der Waals surface area contributed by atoms with Gasteiger partial charge in [0.05, 0.1) is 13.2 Å². The largest absolute Gasteiger partial charge is 0.463 e. The van der Waals surface area contributed by atoms with E-state index >= 15 is 0 Å². The van der Waals surface area contributed by atoms with Crippen molar-refractivity contribution in [2.45, 2.75) is 103 Å². The first-order valence-corrected chi connectivity index (χ1v) is 19.5. The minimum Gasteiger partial charge on any atom is -0.463 e. The Morgan fingerprint density at radius 1 is 0.515 bits per heavy atom. The molecule has 4 heterocycles. The number of carbonyl (C=O) groups excluding carboxylic acids is 12. The molecule has 0 saturated carbocycles. The van der Waals surface area contributed by atoms with Gasteiger partial charge in [0.2, 0.25) is 24.4 Å². The first-order valence-electron chi connectivity index (χ1n) is 19.5. The summed E-state index contributed by atoms with van der Waals surface area (Å²) in [6.45, 7) is 21.2. The molecule has 4 saturated heterocycles. The molecule has 0 N–H and O–H groups in total. The number of hydrogen-bond donors (Lipinski definition) is 0. The summed E-state index contributed by atoms with van der Waals surface area (Å²) >= 11 is 0. The summed E-state index contributed by atoms with van der Waals surface area (Å²) in [4.78, 5) is 132. The van der Waals surface area contributed by atoms with Crippen LogP contribution >= 0.6 is 0 Å². The van der Waals surface area contributed by atoms with Gasteiger partial charge in [-0.2, -0.15) is 0 Å². The molecule has 0 aromatic rings. The predicted molar refractivity (Wildman–Crippen MR) is 214 cm³/mol. The summed E-state index contributed by atoms with van der Waals surface area (Å²) in [5.41, 5.74) is -0.909. The Morgan fingerprint density at radius 2 is 0.803 bits per heavy atom. The average Bonchev–Trinajstić information content (AvgIpc) is 3.97. The van der Waals surface area contributed by atoms with E-state index in [1.54, 1.807) is 27.7 Å². The molecule has 4 rings (SSSR count). The van der Waals surface area contributed by atoms with Gasteiger partial charge in [0, 0.05) is 49.0 Å². The second-order valence-electron chi connectivity index (χ2n) is 14.9. The standard InChI is InChI=1S/C12H16O6.C11H14O6.C10H12O6.C9H10O6/c1-7(2)10(14)16-6-9(13)17-8-5-12(3,4)18-11(8)15;1-4-8(12)15-6-9(13)16-7-5-11(2,3)17-10(7)14;1-6(2)9(12)15-5-8(11)16-7-3-4-14-10(7)13;1-2-7(10)14-5-8(11)15-6-3-4-13-9(6)12/h8H,1,5-6H2,2-4H3;4,7H,1,5-6H2,2-3H3;7H,1,3-5H2,2H3;2,6H,1,3-5H2. The first kappa shape index (κ1) is 56.6. The Bertz CT molecular complexity index is 1920. The zero-order valence-electron chi connectivity index (χ0n) is 37.2. The Hall–Kier alpha value is -7.40. The van der Waals surface area contributed by atoms with Gasteiger partial charge in [-0.1, -0.05) is 26.3 Å². The van der Waals surface area contributed by atoms with E-state index in [1.807, 2.05) is 0 Å². The molecular formula is C42H52O24. The minimum absolute atomic E-state index is 0.184. The quantitative estimate of drug-likeness (QED) is 0.116. The number of hydrogen-bond acceptors (Lipinski definition) is 24. The fraction of sp³-hybridized carbons (Fsp3) is 0.524. The molecule has 0 bridgehead atoms. The van der Waals surface area contributed by atoms with Gasteiger partial charge in [-0.3, -0.25) is 0 Å². The third-order valence-corrected chi connectivity index (χ3v) is 7.84. The third-order valence-electron chi connectivity index (χ3n) is 7.84. The molecule has 4 unspecified atom stereocenters. The second-order valence-corrected chi connectivity index (χ2v) is 14.9. The van der Waals surface area contributed by atoms with E-state index in [1.165, 1.54) is 13.8 Å². The maximum atomic E-state index is 11.4. The highest BCUT2D eigenvalue weighted by molar-refractivity contribution is 5.90. The predicted octanol–water partition coefficient (Wildman–Crippen LogP) is 0.635. The molecule has 4 aliphatic heterocycles. The van der Waals surface area contributed by atoms with Crippen molar-refractivity contribution in [1.82, 2.24) is 0 Å². The highest BCUT2D eigenvalue weighted by Gasteiger charge is 2.43. The zero-order chi connectivity index (χ0) is 50.4. The van der Waals surface area contributed by atoms with E-state index in [-0.39, 0.29) is 37.2 Å². The molecule has 24 heteroatoms. The molecule has 0 radical (unpaired) electrons. The molecular weight excluding hydrogens is 888 g/mol. The summed E-state index contributed by atoms with van der Waals surface area (Å²) in [5, 5.41) is 0. The molecule has 4 aliphatic rings. The summed E-state index contributed by atoms with van der Waals surface area (Å²) in [5.74, 6) is -8.25. The summed E-state index contributed by atoms with van der Waals surface area (Å²) in [6, 6.07) is 0. The monoisotopic (exact) mass is 940 g/mol. The van der Waals surface area contributed by atoms with Crippen molar-refractivity contribution in [3.63, 3.8) is 0 Å². The molecule has 4 fully saturated rings. The molecule has 24 nitrogen and oxygen atoms in total. The normalized spacial score (nSPS) is 20.2. The van der Waals surface area contributed by atoms with E-state index in [0.29, 0.717) is 12.8 Å². The van der Waals surface area contributed by atoms with Crippen molar-refractivity contribution in [2.75, 3.05) is 39.6 Å². The fourth-order valence-electron chi connectivity index (χ4n) is 4.81. The van der Waals surface area contributed by atoms with Gasteiger partial charge >= 0.3 is 71.6 Å². The van der Waals surface area contributed by atoms with Crippen LogP contribution < -0.4 is 0 Å². The van der Waals surface area contributed by atoms with E-state index in [0.717, 1.165) is 12.2 Å². The van der Waals surface area contributed by atoms with Gasteiger partial charge < -0.3 is 56.8 Å². The van der Waals surface area contributed by atoms with E-state index in [4.69, 9.17) is 28.4 Å². The van der Waals surface area contributed by atoms with Crippen LogP contribution in [0.1, 0.15) is 67.2 Å². The van der Waals surface area contributed by atoms with Gasteiger partial charge in [0.25, 0.3) is 0 Å². The lowest BCUT2D eigenvalue weighted by molar-refractivity contribution is -0.167. The van der Waals surface area contributed by atoms with Gasteiger partial charge in [-0.05, 0) is 41.5 Å². The third kappa shape index (κ3) is 22.3. The molecule has 364 valence electrons. The van der Waals surface area contributed by atoms with E-state index in [2.05, 4.69) is 54.7 Å². The van der Waals surface area contributed by atoms with Gasteiger partial charge in [-0.25, -0.2) is 57.5 Å². The van der Waals surface area contributed by atoms with Crippen molar-refractivity contribution in [3.05, 3.63) is 49.6 Å². The summed E-state index contributed by atoms with van der Waals surface area (Å²) in [6.07, 6.45) is -0.526. The second kappa shape index (κ2) is 27.0. The van der Waals surface area contributed by atoms with Crippen LogP contribution in [0, 0.1) is 0 Å². The first-order chi connectivity index (χ1) is 30.7. The minimum atomic E-state index is -0.934. The Balaban J connectivity index is 0.000000441. The Morgan fingerprint density at radius 3 is 1.03 bits per heavy atom. The van der Waals surface area contributed by atoms with Crippen LogP contribution in [0.25, 0.3) is 0 Å². The van der Waals surface area contributed by atoms with Gasteiger partial charge in [0.15, 0.2) is 26.4 Å². The maximum absolute atomic E-state index is 11.4. The molecule has 0 aliphatic carbocycles. The summed E-state index contributed by atoms with van der Waals surface area (Å²) < 4.78 is 56.3. The maximum Gasteiger partial charge on any atom is 0.348 e. The van der Waals surface area contributed by atoms with Crippen molar-refractivity contribution in [3.8, 4) is 0 Å². The number of esters is 12. The average molecular weight is 941 g/mol. The van der Waals surface area contributed by atoms with Crippen LogP contribution in [0.3, 0.4) is 0 Å². The Kier molecular flexibility index (Phi) is 23.2. The van der Waals surface area contributed by atoms with Gasteiger partial charge in [-0.15, -0.1) is 0 Å². The molecule has 0 spiro atoms. The number of rotatable bonds is 16. The van der Waals surface area contributed by atoms with E-state index in [9.17, 15) is 57.5 Å². The van der Waals surface area contributed by atoms with Gasteiger partial charge in [0.1, 0.15) is 11.2 Å². The molecule has 66 heavy (non-hydrogen) atoms. The van der Waals surface area contributed by atoms with Crippen LogP contribution in [0.15, 0.2) is 49.6 Å². The van der Waals surface area contributed by atoms with Crippen LogP contribution in [0.4, 0.5) is 0 Å². The van der Waals surface area contributed by atoms with Crippen LogP contribution in [-0.2, 0) is 114 Å². The topological polar surface area (TPSA) is 316 Å². The van der Waals surface area contributed by atoms with Crippen molar-refractivity contribution in [2.24, 2.45) is 0 Å². The lowest BCUT2D eigenvalue weighted by Gasteiger charge is -2.14. The van der Waals surface area contributed by atoms with Crippen molar-refractivity contribution < 1.29 is 114 Å². The molecule has 0 aromatic heterocycles. The smallest absolute Gasteiger partial charge is 0.348 e. The Labute approximate surface area is 377 Å². The molecule has 4 atom stereocenters. The lowest BCUT2D eigenvalue weighted by Crippen LogP contribution is -2.26. The van der Waals surface area contributed by atoms with Crippen LogP contribution in [0.5, 0.6) is 0 Å². The fourth-order valence-corrected chi connectivity index (χ4v) is 4.81. The zero-order valence-corrected chi connectivity index (χ0v) is 37.2. The van der Waals surface area contributed by atoms with Crippen molar-refractivity contribution in [1.29, 1.82) is 0 Å². The summed E-state index contributed by atoms with van der Waals surface area (Å²) in [7, 11) is 0. The highest BCUT2D eigenvalue weighted by atomic mass is 16.7. The molecule has 0 amide bonds. The van der Waals surface area contributed by atoms with Crippen molar-refractivity contribution >= 4 is 71.6 Å². The SMILES string of the molecule is C=C(C)C(=O)OCC(=O)OC1CC(C)(C)OC1=O.C=C(C)C(=O)OCC(=O)OC1CCOC1=O.C=CC(=O)OCC(=O)OC1CC(C)(C)OC1=O.C=CC(=O)OCC(=O)OC1CCOC1=O. The highest BCUT2D eigenvalue weighted by Crippen LogP contribution is 2.28. The van der Waals surface area contributed by atoms with Crippen LogP contribution in [0.2, 0.25) is 0 Å². The number of cyclic esters (lactones) is 4. The number of ether oxygens (including phenoxy) is 12.